The minimum Gasteiger partial charge on any atom is -0.381 e. The number of ether oxygens (including phenoxy) is 2. The first-order valence-electron chi connectivity index (χ1n) is 7.41. The Morgan fingerprint density at radius 1 is 1.38 bits per heavy atom. The summed E-state index contributed by atoms with van der Waals surface area (Å²) in [6, 6.07) is 8.12. The number of benzene rings is 1. The highest BCUT2D eigenvalue weighted by atomic mass is 16.5. The number of methoxy groups -OCH3 is 1. The molecule has 2 N–H and O–H groups in total. The van der Waals surface area contributed by atoms with Crippen LogP contribution >= 0.6 is 0 Å². The molecule has 5 nitrogen and oxygen atoms in total. The first-order valence-corrected chi connectivity index (χ1v) is 7.41. The number of amides is 2. The molecule has 0 saturated carbocycles. The van der Waals surface area contributed by atoms with Crippen molar-refractivity contribution >= 4 is 6.03 Å². The van der Waals surface area contributed by atoms with Gasteiger partial charge in [-0.3, -0.25) is 0 Å². The van der Waals surface area contributed by atoms with Gasteiger partial charge in [-0.2, -0.15) is 0 Å². The van der Waals surface area contributed by atoms with Crippen molar-refractivity contribution in [2.45, 2.75) is 31.9 Å². The maximum atomic E-state index is 11.9. The molecule has 0 aliphatic carbocycles. The lowest BCUT2D eigenvalue weighted by Crippen LogP contribution is -2.45. The molecule has 0 radical (unpaired) electrons. The van der Waals surface area contributed by atoms with Crippen molar-refractivity contribution < 1.29 is 14.3 Å². The Morgan fingerprint density at radius 3 is 2.76 bits per heavy atom. The molecule has 1 atom stereocenters. The molecule has 1 aliphatic heterocycles. The van der Waals surface area contributed by atoms with E-state index in [1.165, 1.54) is 0 Å². The van der Waals surface area contributed by atoms with E-state index in [0.717, 1.165) is 37.2 Å². The molecular weight excluding hydrogens is 268 g/mol. The molecule has 0 aromatic heterocycles. The van der Waals surface area contributed by atoms with Crippen LogP contribution in [0.25, 0.3) is 0 Å². The summed E-state index contributed by atoms with van der Waals surface area (Å²) >= 11 is 0. The van der Waals surface area contributed by atoms with Crippen molar-refractivity contribution in [1.29, 1.82) is 0 Å². The van der Waals surface area contributed by atoms with Gasteiger partial charge in [-0.1, -0.05) is 24.3 Å². The van der Waals surface area contributed by atoms with Crippen LogP contribution in [0.3, 0.4) is 0 Å². The van der Waals surface area contributed by atoms with Crippen LogP contribution in [0.1, 0.15) is 30.1 Å². The van der Waals surface area contributed by atoms with E-state index in [1.807, 2.05) is 31.2 Å². The third-order valence-corrected chi connectivity index (χ3v) is 3.82. The fourth-order valence-electron chi connectivity index (χ4n) is 2.53. The summed E-state index contributed by atoms with van der Waals surface area (Å²) in [4.78, 5) is 11.9. The zero-order valence-corrected chi connectivity index (χ0v) is 12.7. The Balaban J connectivity index is 1.82. The topological polar surface area (TPSA) is 59.6 Å². The number of carbonyl (C=O) groups is 1. The Bertz CT molecular complexity index is 459. The van der Waals surface area contributed by atoms with Crippen molar-refractivity contribution in [3.05, 3.63) is 35.4 Å². The summed E-state index contributed by atoms with van der Waals surface area (Å²) in [5.74, 6) is 0. The molecule has 1 aliphatic rings. The Hall–Kier alpha value is -1.59. The summed E-state index contributed by atoms with van der Waals surface area (Å²) in [7, 11) is 1.66. The minimum atomic E-state index is -0.141. The van der Waals surface area contributed by atoms with E-state index in [2.05, 4.69) is 10.6 Å². The smallest absolute Gasteiger partial charge is 0.315 e. The second kappa shape index (κ2) is 8.00. The first-order chi connectivity index (χ1) is 10.2. The normalized spacial score (nSPS) is 17.2. The third-order valence-electron chi connectivity index (χ3n) is 3.82. The molecule has 0 spiro atoms. The second-order valence-corrected chi connectivity index (χ2v) is 5.32. The zero-order chi connectivity index (χ0) is 15.1. The highest BCUT2D eigenvalue weighted by Crippen LogP contribution is 2.19. The van der Waals surface area contributed by atoms with Crippen molar-refractivity contribution in [1.82, 2.24) is 10.6 Å². The highest BCUT2D eigenvalue weighted by molar-refractivity contribution is 5.74. The van der Waals surface area contributed by atoms with Crippen molar-refractivity contribution in [2.75, 3.05) is 26.9 Å². The molecule has 2 amide bonds. The van der Waals surface area contributed by atoms with Crippen LogP contribution in [-0.4, -0.2) is 38.9 Å². The van der Waals surface area contributed by atoms with E-state index >= 15 is 0 Å². The Kier molecular flexibility index (Phi) is 6.02. The van der Waals surface area contributed by atoms with E-state index in [0.29, 0.717) is 6.54 Å². The third kappa shape index (κ3) is 4.72. The lowest BCUT2D eigenvalue weighted by atomic mass is 10.0. The zero-order valence-electron chi connectivity index (χ0n) is 12.7. The van der Waals surface area contributed by atoms with Gasteiger partial charge in [0.05, 0.1) is 6.10 Å². The molecule has 0 unspecified atom stereocenters. The second-order valence-electron chi connectivity index (χ2n) is 5.32. The fraction of sp³-hybridized carbons (Fsp3) is 0.562. The largest absolute Gasteiger partial charge is 0.381 e. The van der Waals surface area contributed by atoms with E-state index in [-0.39, 0.29) is 18.2 Å². The number of aryl methyl sites for hydroxylation is 1. The highest BCUT2D eigenvalue weighted by Gasteiger charge is 2.18. The van der Waals surface area contributed by atoms with Gasteiger partial charge in [0, 0.05) is 32.9 Å². The van der Waals surface area contributed by atoms with Gasteiger partial charge in [-0.15, -0.1) is 0 Å². The monoisotopic (exact) mass is 292 g/mol. The van der Waals surface area contributed by atoms with Gasteiger partial charge in [-0.05, 0) is 30.9 Å². The molecule has 1 fully saturated rings. The molecule has 0 bridgehead atoms. The predicted molar refractivity (Wildman–Crippen MR) is 81.3 cm³/mol. The van der Waals surface area contributed by atoms with Crippen LogP contribution in [0.15, 0.2) is 24.3 Å². The average Bonchev–Trinajstić information content (AvgIpc) is 2.50. The van der Waals surface area contributed by atoms with E-state index < -0.39 is 0 Å². The summed E-state index contributed by atoms with van der Waals surface area (Å²) in [5, 5.41) is 5.87. The molecule has 1 aromatic rings. The van der Waals surface area contributed by atoms with E-state index in [1.54, 1.807) is 7.11 Å². The fourth-order valence-corrected chi connectivity index (χ4v) is 2.53. The van der Waals surface area contributed by atoms with Gasteiger partial charge in [0.15, 0.2) is 0 Å². The molecule has 116 valence electrons. The lowest BCUT2D eigenvalue weighted by molar-refractivity contribution is 0.0790. The van der Waals surface area contributed by atoms with Crippen molar-refractivity contribution in [3.8, 4) is 0 Å². The van der Waals surface area contributed by atoms with Crippen LogP contribution in [0, 0.1) is 6.92 Å². The number of hydrogen-bond acceptors (Lipinski definition) is 3. The van der Waals surface area contributed by atoms with Crippen LogP contribution < -0.4 is 10.6 Å². The molecule has 1 heterocycles. The summed E-state index contributed by atoms with van der Waals surface area (Å²) < 4.78 is 10.8. The molecular formula is C16H24N2O3. The number of rotatable bonds is 5. The average molecular weight is 292 g/mol. The van der Waals surface area contributed by atoms with Gasteiger partial charge < -0.3 is 20.1 Å². The van der Waals surface area contributed by atoms with Gasteiger partial charge in [0.1, 0.15) is 0 Å². The Labute approximate surface area is 126 Å². The van der Waals surface area contributed by atoms with Crippen LogP contribution in [0.2, 0.25) is 0 Å². The SMILES string of the molecule is CO[C@H](CNC(=O)NC1CCOCC1)c1ccccc1C. The number of urea groups is 1. The molecule has 21 heavy (non-hydrogen) atoms. The lowest BCUT2D eigenvalue weighted by Gasteiger charge is -2.24. The van der Waals surface area contributed by atoms with Gasteiger partial charge in [0.25, 0.3) is 0 Å². The summed E-state index contributed by atoms with van der Waals surface area (Å²) in [5.41, 5.74) is 2.27. The minimum absolute atomic E-state index is 0.133. The molecule has 1 saturated heterocycles. The molecule has 5 heteroatoms. The van der Waals surface area contributed by atoms with Crippen molar-refractivity contribution in [3.63, 3.8) is 0 Å². The predicted octanol–water partition coefficient (Wildman–Crippen LogP) is 2.16. The van der Waals surface area contributed by atoms with E-state index in [4.69, 9.17) is 9.47 Å². The van der Waals surface area contributed by atoms with Crippen molar-refractivity contribution in [2.24, 2.45) is 0 Å². The maximum Gasteiger partial charge on any atom is 0.315 e. The quantitative estimate of drug-likeness (QED) is 0.874. The number of carbonyl (C=O) groups excluding carboxylic acids is 1. The first kappa shape index (κ1) is 15.8. The Morgan fingerprint density at radius 2 is 2.10 bits per heavy atom. The number of hydrogen-bond donors (Lipinski definition) is 2. The standard InChI is InChI=1S/C16H24N2O3/c1-12-5-3-4-6-14(12)15(20-2)11-17-16(19)18-13-7-9-21-10-8-13/h3-6,13,15H,7-11H2,1-2H3,(H2,17,18,19)/t15-/m1/s1. The van der Waals surface area contributed by atoms with Crippen LogP contribution in [-0.2, 0) is 9.47 Å². The maximum absolute atomic E-state index is 11.9. The van der Waals surface area contributed by atoms with Crippen LogP contribution in [0.5, 0.6) is 0 Å². The summed E-state index contributed by atoms with van der Waals surface area (Å²) in [6.45, 7) is 3.93. The number of nitrogens with one attached hydrogen (secondary N) is 2. The summed E-state index contributed by atoms with van der Waals surface area (Å²) in [6.07, 6.45) is 1.62. The van der Waals surface area contributed by atoms with Crippen LogP contribution in [0.4, 0.5) is 4.79 Å². The molecule has 2 rings (SSSR count). The van der Waals surface area contributed by atoms with Gasteiger partial charge in [-0.25, -0.2) is 4.79 Å². The molecule has 1 aromatic carbocycles. The van der Waals surface area contributed by atoms with Gasteiger partial charge >= 0.3 is 6.03 Å². The van der Waals surface area contributed by atoms with E-state index in [9.17, 15) is 4.79 Å². The van der Waals surface area contributed by atoms with Gasteiger partial charge in [0.2, 0.25) is 0 Å².